The highest BCUT2D eigenvalue weighted by atomic mass is 79.9. The number of halogens is 3. The summed E-state index contributed by atoms with van der Waals surface area (Å²) in [6.07, 6.45) is 4.67. The fraction of sp³-hybridized carbons (Fsp3) is 0.163. The standard InChI is InChI=1S/C43H31BrF2N4O4/c44-27-14-19-34(51)30(23-27)40(52)37-31(25-10-15-28(45)16-11-25)24-43(35-9-3-6-22-49-35)38(41(53)33-8-2-5-21-48-33)36(26-12-17-29(46)18-13-26)39(50(43)42(37)54)32-7-1-4-20-47-32/h1-23,31,36-39,51H,24H2/t31-,36+,37+,38-,39-,43+/m1/s1. The second kappa shape index (κ2) is 14.1. The van der Waals surface area contributed by atoms with Crippen molar-refractivity contribution >= 4 is 33.4 Å². The van der Waals surface area contributed by atoms with E-state index in [4.69, 9.17) is 9.97 Å². The zero-order chi connectivity index (χ0) is 37.6. The van der Waals surface area contributed by atoms with Gasteiger partial charge in [0.15, 0.2) is 11.6 Å². The summed E-state index contributed by atoms with van der Waals surface area (Å²) < 4.78 is 29.6. The van der Waals surface area contributed by atoms with Crippen LogP contribution < -0.4 is 0 Å². The van der Waals surface area contributed by atoms with E-state index in [0.29, 0.717) is 27.0 Å². The second-order valence-electron chi connectivity index (χ2n) is 13.5. The van der Waals surface area contributed by atoms with Crippen LogP contribution in [0.15, 0.2) is 144 Å². The van der Waals surface area contributed by atoms with Crippen LogP contribution in [0.2, 0.25) is 0 Å². The Morgan fingerprint density at radius 1 is 0.741 bits per heavy atom. The SMILES string of the molecule is O=C(c1cc(Br)ccc1O)[C@H]1C(=O)N2[C@H](c3ccccn3)[C@@H](c3ccc(F)cc3)[C@H](C(=O)c3ccccn3)[C@@]2(c2ccccn2)C[C@@H]1c1ccc(F)cc1. The maximum atomic E-state index is 15.9. The van der Waals surface area contributed by atoms with Crippen LogP contribution in [0.3, 0.4) is 0 Å². The molecule has 2 saturated heterocycles. The molecule has 2 fully saturated rings. The number of pyridine rings is 3. The number of hydrogen-bond donors (Lipinski definition) is 1. The molecule has 0 unspecified atom stereocenters. The number of ketones is 2. The van der Waals surface area contributed by atoms with Gasteiger partial charge in [-0.05, 0) is 96.4 Å². The van der Waals surface area contributed by atoms with Gasteiger partial charge < -0.3 is 10.0 Å². The van der Waals surface area contributed by atoms with Gasteiger partial charge >= 0.3 is 0 Å². The van der Waals surface area contributed by atoms with Crippen molar-refractivity contribution in [1.29, 1.82) is 0 Å². The summed E-state index contributed by atoms with van der Waals surface area (Å²) in [7, 11) is 0. The van der Waals surface area contributed by atoms with Gasteiger partial charge in [0.2, 0.25) is 5.91 Å². The molecule has 8 rings (SSSR count). The Morgan fingerprint density at radius 2 is 1.37 bits per heavy atom. The van der Waals surface area contributed by atoms with Gasteiger partial charge in [-0.25, -0.2) is 8.78 Å². The molecule has 2 aliphatic heterocycles. The van der Waals surface area contributed by atoms with E-state index < -0.39 is 58.6 Å². The van der Waals surface area contributed by atoms with Crippen LogP contribution in [0.1, 0.15) is 67.7 Å². The molecule has 8 nitrogen and oxygen atoms in total. The van der Waals surface area contributed by atoms with Gasteiger partial charge in [-0.3, -0.25) is 29.3 Å². The third-order valence-corrected chi connectivity index (χ3v) is 11.2. The Morgan fingerprint density at radius 3 is 1.98 bits per heavy atom. The van der Waals surface area contributed by atoms with E-state index in [1.165, 1.54) is 54.7 Å². The number of fused-ring (bicyclic) bond motifs is 1. The molecular weight excluding hydrogens is 754 g/mol. The van der Waals surface area contributed by atoms with E-state index in [0.717, 1.165) is 0 Å². The molecule has 6 atom stereocenters. The molecule has 54 heavy (non-hydrogen) atoms. The van der Waals surface area contributed by atoms with Gasteiger partial charge in [-0.2, -0.15) is 0 Å². The summed E-state index contributed by atoms with van der Waals surface area (Å²) in [6, 6.07) is 30.4. The molecule has 1 N–H and O–H groups in total. The monoisotopic (exact) mass is 784 g/mol. The lowest BCUT2D eigenvalue weighted by Crippen LogP contribution is -2.59. The number of benzene rings is 3. The molecule has 268 valence electrons. The molecule has 0 saturated carbocycles. The zero-order valence-corrected chi connectivity index (χ0v) is 30.1. The fourth-order valence-corrected chi connectivity index (χ4v) is 8.90. The Hall–Kier alpha value is -5.94. The first-order valence-corrected chi connectivity index (χ1v) is 18.1. The van der Waals surface area contributed by atoms with Crippen molar-refractivity contribution in [2.24, 2.45) is 11.8 Å². The van der Waals surface area contributed by atoms with Crippen molar-refractivity contribution in [3.63, 3.8) is 0 Å². The predicted octanol–water partition coefficient (Wildman–Crippen LogP) is 8.37. The van der Waals surface area contributed by atoms with Crippen LogP contribution >= 0.6 is 15.9 Å². The molecule has 0 aliphatic carbocycles. The summed E-state index contributed by atoms with van der Waals surface area (Å²) in [6.45, 7) is 0. The summed E-state index contributed by atoms with van der Waals surface area (Å²) in [5.74, 6) is -7.29. The average molecular weight is 786 g/mol. The minimum atomic E-state index is -1.55. The highest BCUT2D eigenvalue weighted by molar-refractivity contribution is 9.10. The molecule has 0 radical (unpaired) electrons. The number of aromatic hydroxyl groups is 1. The number of phenols is 1. The highest BCUT2D eigenvalue weighted by Gasteiger charge is 2.69. The Balaban J connectivity index is 1.47. The quantitative estimate of drug-likeness (QED) is 0.122. The van der Waals surface area contributed by atoms with Crippen molar-refractivity contribution in [1.82, 2.24) is 19.9 Å². The van der Waals surface area contributed by atoms with Crippen LogP contribution in [0.25, 0.3) is 0 Å². The number of hydrogen-bond acceptors (Lipinski definition) is 7. The molecule has 1 amide bonds. The zero-order valence-electron chi connectivity index (χ0n) is 28.5. The number of phenolic OH excluding ortho intramolecular Hbond substituents is 1. The number of carbonyl (C=O) groups excluding carboxylic acids is 3. The van der Waals surface area contributed by atoms with Crippen molar-refractivity contribution in [2.45, 2.75) is 29.8 Å². The van der Waals surface area contributed by atoms with Crippen LogP contribution in [-0.2, 0) is 10.3 Å². The molecule has 0 bridgehead atoms. The number of Topliss-reactive ketones (excluding diaryl/α,β-unsaturated/α-hetero) is 2. The average Bonchev–Trinajstić information content (AvgIpc) is 3.52. The summed E-state index contributed by atoms with van der Waals surface area (Å²) >= 11 is 3.39. The topological polar surface area (TPSA) is 113 Å². The minimum Gasteiger partial charge on any atom is -0.507 e. The third-order valence-electron chi connectivity index (χ3n) is 10.7. The number of nitrogens with zero attached hydrogens (tertiary/aromatic N) is 4. The first-order valence-electron chi connectivity index (χ1n) is 17.3. The molecule has 11 heteroatoms. The van der Waals surface area contributed by atoms with Crippen LogP contribution in [-0.4, -0.2) is 42.4 Å². The number of rotatable bonds is 8. The summed E-state index contributed by atoms with van der Waals surface area (Å²) in [4.78, 5) is 61.7. The lowest BCUT2D eigenvalue weighted by molar-refractivity contribution is -0.149. The van der Waals surface area contributed by atoms with E-state index in [1.54, 1.807) is 90.1 Å². The van der Waals surface area contributed by atoms with Gasteiger partial charge in [-0.1, -0.05) is 58.4 Å². The lowest BCUT2D eigenvalue weighted by atomic mass is 9.62. The van der Waals surface area contributed by atoms with Gasteiger partial charge in [0.05, 0.1) is 34.4 Å². The molecule has 5 heterocycles. The molecule has 0 spiro atoms. The number of piperidine rings is 1. The summed E-state index contributed by atoms with van der Waals surface area (Å²) in [5, 5.41) is 11.0. The molecule has 3 aromatic carbocycles. The Bertz CT molecular complexity index is 2350. The van der Waals surface area contributed by atoms with E-state index in [2.05, 4.69) is 20.9 Å². The van der Waals surface area contributed by atoms with E-state index in [1.807, 2.05) is 0 Å². The Kier molecular flexibility index (Phi) is 9.19. The lowest BCUT2D eigenvalue weighted by Gasteiger charge is -2.51. The smallest absolute Gasteiger partial charge is 0.235 e. The highest BCUT2D eigenvalue weighted by Crippen LogP contribution is 2.65. The molecular formula is C43H31BrF2N4O4. The Labute approximate surface area is 317 Å². The van der Waals surface area contributed by atoms with E-state index in [-0.39, 0.29) is 29.2 Å². The van der Waals surface area contributed by atoms with Crippen molar-refractivity contribution in [3.05, 3.63) is 190 Å². The predicted molar refractivity (Wildman–Crippen MR) is 198 cm³/mol. The van der Waals surface area contributed by atoms with Gasteiger partial charge in [0, 0.05) is 34.9 Å². The molecule has 2 aliphatic rings. The largest absolute Gasteiger partial charge is 0.507 e. The minimum absolute atomic E-state index is 0.0170. The van der Waals surface area contributed by atoms with E-state index >= 15 is 9.59 Å². The first kappa shape index (κ1) is 35.1. The maximum absolute atomic E-state index is 15.9. The van der Waals surface area contributed by atoms with Gasteiger partial charge in [0.25, 0.3) is 0 Å². The van der Waals surface area contributed by atoms with Crippen molar-refractivity contribution < 1.29 is 28.3 Å². The number of aromatic nitrogens is 3. The van der Waals surface area contributed by atoms with Crippen LogP contribution in [0.4, 0.5) is 8.78 Å². The van der Waals surface area contributed by atoms with Crippen molar-refractivity contribution in [2.75, 3.05) is 0 Å². The van der Waals surface area contributed by atoms with Crippen LogP contribution in [0, 0.1) is 23.5 Å². The second-order valence-corrected chi connectivity index (χ2v) is 14.5. The number of carbonyl (C=O) groups is 3. The maximum Gasteiger partial charge on any atom is 0.235 e. The molecule has 6 aromatic rings. The fourth-order valence-electron chi connectivity index (χ4n) is 8.54. The number of amides is 1. The van der Waals surface area contributed by atoms with Gasteiger partial charge in [-0.15, -0.1) is 0 Å². The molecule has 3 aromatic heterocycles. The van der Waals surface area contributed by atoms with Crippen LogP contribution in [0.5, 0.6) is 5.75 Å². The van der Waals surface area contributed by atoms with Gasteiger partial charge in [0.1, 0.15) is 29.0 Å². The third kappa shape index (κ3) is 5.89. The first-order chi connectivity index (χ1) is 26.2. The normalized spacial score (nSPS) is 23.5. The van der Waals surface area contributed by atoms with E-state index in [9.17, 15) is 18.7 Å². The van der Waals surface area contributed by atoms with Crippen molar-refractivity contribution in [3.8, 4) is 5.75 Å². The summed E-state index contributed by atoms with van der Waals surface area (Å²) in [5.41, 5.74) is 0.388.